The average molecular weight is 324 g/mol. The summed E-state index contributed by atoms with van der Waals surface area (Å²) in [5, 5.41) is 5.38. The van der Waals surface area contributed by atoms with E-state index in [1.54, 1.807) is 36.4 Å². The zero-order valence-corrected chi connectivity index (χ0v) is 13.8. The lowest BCUT2D eigenvalue weighted by atomic mass is 10.0. The molecule has 2 aromatic rings. The van der Waals surface area contributed by atoms with Gasteiger partial charge in [0.1, 0.15) is 0 Å². The lowest BCUT2D eigenvalue weighted by Crippen LogP contribution is -2.14. The fourth-order valence-electron chi connectivity index (χ4n) is 2.21. The first-order valence-corrected chi connectivity index (χ1v) is 7.71. The number of hydrogen-bond donors (Lipinski definition) is 2. The fraction of sp³-hybridized carbons (Fsp3) is 0.211. The van der Waals surface area contributed by atoms with E-state index in [0.717, 1.165) is 5.56 Å². The number of rotatable bonds is 6. The lowest BCUT2D eigenvalue weighted by Gasteiger charge is -2.08. The van der Waals surface area contributed by atoms with E-state index in [0.29, 0.717) is 16.9 Å². The van der Waals surface area contributed by atoms with Gasteiger partial charge < -0.3 is 10.6 Å². The number of anilines is 2. The van der Waals surface area contributed by atoms with Crippen molar-refractivity contribution in [1.29, 1.82) is 0 Å². The second kappa shape index (κ2) is 8.06. The van der Waals surface area contributed by atoms with Crippen molar-refractivity contribution in [1.82, 2.24) is 0 Å². The molecule has 0 saturated heterocycles. The molecule has 0 aliphatic heterocycles. The van der Waals surface area contributed by atoms with Crippen LogP contribution < -0.4 is 10.6 Å². The fourth-order valence-corrected chi connectivity index (χ4v) is 2.21. The number of benzene rings is 2. The Bertz CT molecular complexity index is 751. The summed E-state index contributed by atoms with van der Waals surface area (Å²) in [5.41, 5.74) is 2.88. The number of nitrogens with one attached hydrogen (secondary N) is 2. The van der Waals surface area contributed by atoms with E-state index in [9.17, 15) is 14.4 Å². The van der Waals surface area contributed by atoms with Gasteiger partial charge in [0.05, 0.1) is 0 Å². The van der Waals surface area contributed by atoms with Gasteiger partial charge in [-0.05, 0) is 25.1 Å². The molecule has 0 aromatic heterocycles. The molecule has 5 nitrogen and oxygen atoms in total. The monoisotopic (exact) mass is 324 g/mol. The molecule has 0 saturated carbocycles. The number of ketones is 1. The van der Waals surface area contributed by atoms with Crippen LogP contribution in [0.5, 0.6) is 0 Å². The molecule has 0 aliphatic rings. The number of Topliss-reactive ketones (excluding diaryl/α,β-unsaturated/α-hetero) is 1. The third-order valence-corrected chi connectivity index (χ3v) is 3.42. The molecular formula is C19H20N2O3. The van der Waals surface area contributed by atoms with E-state index in [4.69, 9.17) is 0 Å². The third kappa shape index (κ3) is 5.35. The van der Waals surface area contributed by atoms with E-state index in [1.807, 2.05) is 19.1 Å². The third-order valence-electron chi connectivity index (χ3n) is 3.42. The summed E-state index contributed by atoms with van der Waals surface area (Å²) < 4.78 is 0. The van der Waals surface area contributed by atoms with Crippen molar-refractivity contribution >= 4 is 29.0 Å². The van der Waals surface area contributed by atoms with Crippen LogP contribution in [0, 0.1) is 6.92 Å². The molecule has 2 amide bonds. The van der Waals surface area contributed by atoms with E-state index in [1.165, 1.54) is 6.92 Å². The minimum atomic E-state index is -0.240. The Hall–Kier alpha value is -2.95. The van der Waals surface area contributed by atoms with Crippen molar-refractivity contribution < 1.29 is 14.4 Å². The number of amides is 2. The van der Waals surface area contributed by atoms with Crippen LogP contribution in [-0.4, -0.2) is 17.6 Å². The highest BCUT2D eigenvalue weighted by Gasteiger charge is 2.10. The van der Waals surface area contributed by atoms with Gasteiger partial charge in [-0.1, -0.05) is 35.9 Å². The highest BCUT2D eigenvalue weighted by molar-refractivity contribution is 6.00. The standard InChI is InChI=1S/C19H20N2O3/c1-13-6-8-15(9-7-13)18(23)10-11-19(24)21-17-5-3-4-16(12-17)20-14(2)22/h3-9,12H,10-11H2,1-2H3,(H,20,22)(H,21,24). The van der Waals surface area contributed by atoms with Crippen molar-refractivity contribution in [3.8, 4) is 0 Å². The molecule has 5 heteroatoms. The van der Waals surface area contributed by atoms with Crippen molar-refractivity contribution in [3.05, 3.63) is 59.7 Å². The predicted octanol–water partition coefficient (Wildman–Crippen LogP) is 3.56. The Morgan fingerprint density at radius 3 is 2.12 bits per heavy atom. The van der Waals surface area contributed by atoms with Crippen LogP contribution in [-0.2, 0) is 9.59 Å². The van der Waals surface area contributed by atoms with Gasteiger partial charge in [-0.25, -0.2) is 0 Å². The molecule has 0 radical (unpaired) electrons. The summed E-state index contributed by atoms with van der Waals surface area (Å²) in [6.07, 6.45) is 0.261. The van der Waals surface area contributed by atoms with Gasteiger partial charge in [0, 0.05) is 36.7 Å². The van der Waals surface area contributed by atoms with Crippen molar-refractivity contribution in [2.24, 2.45) is 0 Å². The topological polar surface area (TPSA) is 75.3 Å². The zero-order valence-electron chi connectivity index (χ0n) is 13.8. The first-order valence-electron chi connectivity index (χ1n) is 7.71. The molecule has 2 aromatic carbocycles. The Balaban J connectivity index is 1.88. The quantitative estimate of drug-likeness (QED) is 0.798. The van der Waals surface area contributed by atoms with Gasteiger partial charge in [-0.2, -0.15) is 0 Å². The molecule has 0 aliphatic carbocycles. The van der Waals surface area contributed by atoms with E-state index in [2.05, 4.69) is 10.6 Å². The SMILES string of the molecule is CC(=O)Nc1cccc(NC(=O)CCC(=O)c2ccc(C)cc2)c1. The Morgan fingerprint density at radius 1 is 0.875 bits per heavy atom. The highest BCUT2D eigenvalue weighted by Crippen LogP contribution is 2.16. The van der Waals surface area contributed by atoms with Crippen molar-refractivity contribution in [3.63, 3.8) is 0 Å². The molecule has 0 unspecified atom stereocenters. The lowest BCUT2D eigenvalue weighted by molar-refractivity contribution is -0.116. The maximum Gasteiger partial charge on any atom is 0.224 e. The minimum Gasteiger partial charge on any atom is -0.326 e. The number of hydrogen-bond acceptors (Lipinski definition) is 3. The largest absolute Gasteiger partial charge is 0.326 e. The van der Waals surface area contributed by atoms with Gasteiger partial charge in [0.25, 0.3) is 0 Å². The molecule has 24 heavy (non-hydrogen) atoms. The second-order valence-corrected chi connectivity index (χ2v) is 5.60. The number of carbonyl (C=O) groups is 3. The summed E-state index contributed by atoms with van der Waals surface area (Å²) in [6, 6.07) is 14.2. The molecule has 2 N–H and O–H groups in total. The molecule has 0 fully saturated rings. The summed E-state index contributed by atoms with van der Waals surface area (Å²) >= 11 is 0. The first kappa shape index (κ1) is 17.4. The molecule has 2 rings (SSSR count). The zero-order chi connectivity index (χ0) is 17.5. The highest BCUT2D eigenvalue weighted by atomic mass is 16.2. The smallest absolute Gasteiger partial charge is 0.224 e. The summed E-state index contributed by atoms with van der Waals surface area (Å²) in [7, 11) is 0. The summed E-state index contributed by atoms with van der Waals surface area (Å²) in [5.74, 6) is -0.477. The second-order valence-electron chi connectivity index (χ2n) is 5.60. The van der Waals surface area contributed by atoms with Gasteiger partial charge in [0.2, 0.25) is 11.8 Å². The van der Waals surface area contributed by atoms with Crippen molar-refractivity contribution in [2.75, 3.05) is 10.6 Å². The van der Waals surface area contributed by atoms with Gasteiger partial charge in [0.15, 0.2) is 5.78 Å². The maximum absolute atomic E-state index is 12.1. The van der Waals surface area contributed by atoms with Gasteiger partial charge in [-0.15, -0.1) is 0 Å². The summed E-state index contributed by atoms with van der Waals surface area (Å²) in [4.78, 5) is 35.1. The normalized spacial score (nSPS) is 10.1. The van der Waals surface area contributed by atoms with Gasteiger partial charge in [-0.3, -0.25) is 14.4 Å². The Morgan fingerprint density at radius 2 is 1.50 bits per heavy atom. The Kier molecular flexibility index (Phi) is 5.84. The Labute approximate surface area is 141 Å². The average Bonchev–Trinajstić information content (AvgIpc) is 2.53. The van der Waals surface area contributed by atoms with Gasteiger partial charge >= 0.3 is 0 Å². The number of aryl methyl sites for hydroxylation is 1. The van der Waals surface area contributed by atoms with Crippen molar-refractivity contribution in [2.45, 2.75) is 26.7 Å². The molecule has 0 bridgehead atoms. The van der Waals surface area contributed by atoms with Crippen LogP contribution in [0.15, 0.2) is 48.5 Å². The van der Waals surface area contributed by atoms with Crippen LogP contribution in [0.2, 0.25) is 0 Å². The van der Waals surface area contributed by atoms with Crippen LogP contribution in [0.4, 0.5) is 11.4 Å². The predicted molar refractivity (Wildman–Crippen MR) is 94.1 cm³/mol. The molecule has 0 spiro atoms. The van der Waals surface area contributed by atoms with Crippen LogP contribution in [0.3, 0.4) is 0 Å². The van der Waals surface area contributed by atoms with E-state index in [-0.39, 0.29) is 30.4 Å². The molecule has 0 atom stereocenters. The van der Waals surface area contributed by atoms with E-state index < -0.39 is 0 Å². The van der Waals surface area contributed by atoms with Crippen LogP contribution in [0.1, 0.15) is 35.7 Å². The minimum absolute atomic E-state index is 0.0582. The first-order chi connectivity index (χ1) is 11.4. The summed E-state index contributed by atoms with van der Waals surface area (Å²) in [6.45, 7) is 3.37. The maximum atomic E-state index is 12.1. The van der Waals surface area contributed by atoms with Crippen LogP contribution in [0.25, 0.3) is 0 Å². The van der Waals surface area contributed by atoms with Crippen LogP contribution >= 0.6 is 0 Å². The molecule has 124 valence electrons. The van der Waals surface area contributed by atoms with E-state index >= 15 is 0 Å². The molecule has 0 heterocycles. The molecular weight excluding hydrogens is 304 g/mol. The number of carbonyl (C=O) groups excluding carboxylic acids is 3.